The summed E-state index contributed by atoms with van der Waals surface area (Å²) >= 11 is 5.06. The molecule has 2 aromatic rings. The van der Waals surface area contributed by atoms with Gasteiger partial charge in [0.15, 0.2) is 6.61 Å². The molecule has 4 nitrogen and oxygen atoms in total. The van der Waals surface area contributed by atoms with Crippen LogP contribution in [0.2, 0.25) is 0 Å². The first-order valence-electron chi connectivity index (χ1n) is 6.49. The van der Waals surface area contributed by atoms with E-state index >= 15 is 0 Å². The van der Waals surface area contributed by atoms with Gasteiger partial charge in [0.25, 0.3) is 5.91 Å². The van der Waals surface area contributed by atoms with Crippen molar-refractivity contribution in [3.05, 3.63) is 52.9 Å². The number of nitrogens with one attached hydrogen (secondary N) is 1. The molecular formula is C15H16BrNO3S. The molecule has 6 heteroatoms. The molecule has 1 aromatic heterocycles. The molecule has 112 valence electrons. The molecule has 0 aliphatic heterocycles. The fraction of sp³-hybridized carbons (Fsp3) is 0.267. The molecule has 2 rings (SSSR count). The van der Waals surface area contributed by atoms with Crippen molar-refractivity contribution in [2.24, 2.45) is 0 Å². The van der Waals surface area contributed by atoms with E-state index in [0.717, 1.165) is 21.7 Å². The molecule has 0 unspecified atom stereocenters. The van der Waals surface area contributed by atoms with E-state index in [1.807, 2.05) is 36.4 Å². The smallest absolute Gasteiger partial charge is 0.257 e. The van der Waals surface area contributed by atoms with Crippen molar-refractivity contribution in [1.29, 1.82) is 0 Å². The maximum absolute atomic E-state index is 11.6. The summed E-state index contributed by atoms with van der Waals surface area (Å²) in [4.78, 5) is 11.6. The van der Waals surface area contributed by atoms with Crippen LogP contribution in [0, 0.1) is 0 Å². The lowest BCUT2D eigenvalue weighted by molar-refractivity contribution is -0.122. The number of rotatable bonds is 8. The lowest BCUT2D eigenvalue weighted by Gasteiger charge is -2.07. The van der Waals surface area contributed by atoms with Gasteiger partial charge in [-0.15, -0.1) is 0 Å². The van der Waals surface area contributed by atoms with Gasteiger partial charge in [-0.25, -0.2) is 0 Å². The summed E-state index contributed by atoms with van der Waals surface area (Å²) in [5.74, 6) is 3.17. The molecule has 1 amide bonds. The second kappa shape index (κ2) is 8.79. The minimum absolute atomic E-state index is 0.0322. The minimum atomic E-state index is -0.114. The van der Waals surface area contributed by atoms with Gasteiger partial charge in [-0.2, -0.15) is 11.8 Å². The van der Waals surface area contributed by atoms with E-state index in [9.17, 15) is 4.79 Å². The number of thioether (sulfide) groups is 1. The first kappa shape index (κ1) is 16.0. The number of amides is 1. The third-order valence-electron chi connectivity index (χ3n) is 2.58. The first-order chi connectivity index (χ1) is 10.2. The van der Waals surface area contributed by atoms with Crippen molar-refractivity contribution in [2.75, 3.05) is 18.9 Å². The molecule has 1 heterocycles. The van der Waals surface area contributed by atoms with Crippen LogP contribution in [-0.2, 0) is 10.5 Å². The lowest BCUT2D eigenvalue weighted by Crippen LogP contribution is -2.30. The highest BCUT2D eigenvalue weighted by molar-refractivity contribution is 9.10. The maximum Gasteiger partial charge on any atom is 0.257 e. The Morgan fingerprint density at radius 2 is 2.10 bits per heavy atom. The van der Waals surface area contributed by atoms with Crippen molar-refractivity contribution in [3.63, 3.8) is 0 Å². The number of furan rings is 1. The van der Waals surface area contributed by atoms with Crippen LogP contribution in [-0.4, -0.2) is 24.8 Å². The second-order valence-electron chi connectivity index (χ2n) is 4.22. The first-order valence-corrected chi connectivity index (χ1v) is 8.44. The van der Waals surface area contributed by atoms with Crippen LogP contribution in [0.1, 0.15) is 5.76 Å². The topological polar surface area (TPSA) is 51.5 Å². The molecule has 0 atom stereocenters. The number of hydrogen-bond acceptors (Lipinski definition) is 4. The van der Waals surface area contributed by atoms with Crippen LogP contribution in [0.5, 0.6) is 5.75 Å². The Labute approximate surface area is 136 Å². The van der Waals surface area contributed by atoms with Crippen molar-refractivity contribution in [3.8, 4) is 5.75 Å². The number of halogens is 1. The molecular weight excluding hydrogens is 354 g/mol. The summed E-state index contributed by atoms with van der Waals surface area (Å²) < 4.78 is 11.6. The van der Waals surface area contributed by atoms with Crippen LogP contribution in [0.3, 0.4) is 0 Å². The minimum Gasteiger partial charge on any atom is -0.484 e. The summed E-state index contributed by atoms with van der Waals surface area (Å²) in [6, 6.07) is 11.2. The normalized spacial score (nSPS) is 10.3. The molecule has 0 fully saturated rings. The number of carbonyl (C=O) groups excluding carboxylic acids is 1. The molecule has 1 N–H and O–H groups in total. The zero-order valence-electron chi connectivity index (χ0n) is 11.4. The Bertz CT molecular complexity index is 543. The average Bonchev–Trinajstić information content (AvgIpc) is 2.99. The van der Waals surface area contributed by atoms with Gasteiger partial charge in [0.05, 0.1) is 12.0 Å². The van der Waals surface area contributed by atoms with Crippen LogP contribution < -0.4 is 10.1 Å². The Morgan fingerprint density at radius 3 is 2.81 bits per heavy atom. The fourth-order valence-corrected chi connectivity index (χ4v) is 2.58. The van der Waals surface area contributed by atoms with Gasteiger partial charge in [0.2, 0.25) is 0 Å². The Morgan fingerprint density at radius 1 is 1.29 bits per heavy atom. The van der Waals surface area contributed by atoms with Crippen molar-refractivity contribution < 1.29 is 13.9 Å². The zero-order chi connectivity index (χ0) is 14.9. The van der Waals surface area contributed by atoms with E-state index in [0.29, 0.717) is 12.3 Å². The van der Waals surface area contributed by atoms with Gasteiger partial charge in [-0.3, -0.25) is 4.79 Å². The quantitative estimate of drug-likeness (QED) is 0.723. The van der Waals surface area contributed by atoms with E-state index < -0.39 is 0 Å². The van der Waals surface area contributed by atoms with E-state index in [1.54, 1.807) is 18.0 Å². The third-order valence-corrected chi connectivity index (χ3v) is 4.09. The number of benzene rings is 1. The Balaban J connectivity index is 1.54. The highest BCUT2D eigenvalue weighted by atomic mass is 79.9. The molecule has 0 aliphatic rings. The number of ether oxygens (including phenoxy) is 1. The summed E-state index contributed by atoms with van der Waals surface area (Å²) in [7, 11) is 0. The lowest BCUT2D eigenvalue weighted by atomic mass is 10.3. The summed E-state index contributed by atoms with van der Waals surface area (Å²) in [5.41, 5.74) is 0. The van der Waals surface area contributed by atoms with Crippen LogP contribution in [0.25, 0.3) is 0 Å². The Hall–Kier alpha value is -1.40. The molecule has 0 saturated carbocycles. The second-order valence-corrected chi connectivity index (χ2v) is 6.25. The fourth-order valence-electron chi connectivity index (χ4n) is 1.56. The standard InChI is InChI=1S/C15H16BrNO3S/c16-12-3-5-13(6-4-12)20-10-15(18)17-7-9-21-11-14-2-1-8-19-14/h1-6,8H,7,9-11H2,(H,17,18). The third kappa shape index (κ3) is 6.27. The summed E-state index contributed by atoms with van der Waals surface area (Å²) in [6.07, 6.45) is 1.66. The summed E-state index contributed by atoms with van der Waals surface area (Å²) in [6.45, 7) is 0.651. The van der Waals surface area contributed by atoms with Gasteiger partial charge >= 0.3 is 0 Å². The predicted molar refractivity (Wildman–Crippen MR) is 87.5 cm³/mol. The SMILES string of the molecule is O=C(COc1ccc(Br)cc1)NCCSCc1ccco1. The van der Waals surface area contributed by atoms with Crippen LogP contribution in [0.15, 0.2) is 51.6 Å². The molecule has 21 heavy (non-hydrogen) atoms. The number of hydrogen-bond donors (Lipinski definition) is 1. The molecule has 0 bridgehead atoms. The zero-order valence-corrected chi connectivity index (χ0v) is 13.8. The molecule has 1 aromatic carbocycles. The van der Waals surface area contributed by atoms with Crippen molar-refractivity contribution in [2.45, 2.75) is 5.75 Å². The largest absolute Gasteiger partial charge is 0.484 e. The van der Waals surface area contributed by atoms with Gasteiger partial charge in [0.1, 0.15) is 11.5 Å². The van der Waals surface area contributed by atoms with E-state index in [-0.39, 0.29) is 12.5 Å². The molecule has 0 radical (unpaired) electrons. The van der Waals surface area contributed by atoms with Gasteiger partial charge < -0.3 is 14.5 Å². The van der Waals surface area contributed by atoms with Crippen LogP contribution in [0.4, 0.5) is 0 Å². The Kier molecular flexibility index (Phi) is 6.69. The van der Waals surface area contributed by atoms with Gasteiger partial charge in [0, 0.05) is 16.8 Å². The highest BCUT2D eigenvalue weighted by Crippen LogP contribution is 2.15. The monoisotopic (exact) mass is 369 g/mol. The highest BCUT2D eigenvalue weighted by Gasteiger charge is 2.02. The average molecular weight is 370 g/mol. The van der Waals surface area contributed by atoms with E-state index in [1.165, 1.54) is 0 Å². The van der Waals surface area contributed by atoms with Gasteiger partial charge in [-0.05, 0) is 36.4 Å². The molecule has 0 saturated heterocycles. The van der Waals surface area contributed by atoms with Crippen molar-refractivity contribution in [1.82, 2.24) is 5.32 Å². The van der Waals surface area contributed by atoms with E-state index in [2.05, 4.69) is 21.2 Å². The summed E-state index contributed by atoms with van der Waals surface area (Å²) in [5, 5.41) is 2.82. The molecule has 0 aliphatic carbocycles. The number of carbonyl (C=O) groups is 1. The maximum atomic E-state index is 11.6. The predicted octanol–water partition coefficient (Wildman–Crippen LogP) is 3.47. The van der Waals surface area contributed by atoms with E-state index in [4.69, 9.17) is 9.15 Å². The van der Waals surface area contributed by atoms with Crippen molar-refractivity contribution >= 4 is 33.6 Å². The van der Waals surface area contributed by atoms with Crippen LogP contribution >= 0.6 is 27.7 Å². The molecule has 0 spiro atoms. The van der Waals surface area contributed by atoms with Gasteiger partial charge in [-0.1, -0.05) is 15.9 Å².